The second-order valence-corrected chi connectivity index (χ2v) is 6.75. The standard InChI is InChI=1S/C18H17FN6O6/c1-20-16(29)18-23-22-17(31-18)15-14(28)12(13(27)11(7-26)30-15)25-6-10(21-24-25)8-3-2-4-9(19)5-8/h2-7,11-15,27-28H,1H3,(H,20,29)/t11?,12-,13-,14+,15+/m0/s1. The number of aldehydes is 1. The highest BCUT2D eigenvalue weighted by Crippen LogP contribution is 2.37. The van der Waals surface area contributed by atoms with Crippen LogP contribution in [0, 0.1) is 5.82 Å². The number of nitrogens with one attached hydrogen (secondary N) is 1. The van der Waals surface area contributed by atoms with Gasteiger partial charge in [-0.1, -0.05) is 17.3 Å². The Balaban J connectivity index is 1.67. The molecule has 4 rings (SSSR count). The number of hydrogen-bond acceptors (Lipinski definition) is 10. The van der Waals surface area contributed by atoms with Crippen LogP contribution in [-0.4, -0.2) is 73.0 Å². The largest absolute Gasteiger partial charge is 0.414 e. The molecule has 0 radical (unpaired) electrons. The van der Waals surface area contributed by atoms with Crippen LogP contribution in [0.3, 0.4) is 0 Å². The minimum absolute atomic E-state index is 0.264. The van der Waals surface area contributed by atoms with E-state index in [-0.39, 0.29) is 17.5 Å². The molecule has 12 nitrogen and oxygen atoms in total. The molecule has 162 valence electrons. The second-order valence-electron chi connectivity index (χ2n) is 6.75. The van der Waals surface area contributed by atoms with E-state index >= 15 is 0 Å². The Morgan fingerprint density at radius 3 is 2.77 bits per heavy atom. The van der Waals surface area contributed by atoms with Gasteiger partial charge in [-0.2, -0.15) is 0 Å². The molecule has 3 N–H and O–H groups in total. The van der Waals surface area contributed by atoms with Crippen LogP contribution < -0.4 is 5.32 Å². The van der Waals surface area contributed by atoms with E-state index in [1.54, 1.807) is 6.07 Å². The van der Waals surface area contributed by atoms with Gasteiger partial charge in [-0.3, -0.25) is 4.79 Å². The lowest BCUT2D eigenvalue weighted by Crippen LogP contribution is -2.52. The van der Waals surface area contributed by atoms with E-state index in [2.05, 4.69) is 25.8 Å². The smallest absolute Gasteiger partial charge is 0.308 e. The molecule has 1 aromatic carbocycles. The average molecular weight is 432 g/mol. The van der Waals surface area contributed by atoms with Gasteiger partial charge in [0.2, 0.25) is 5.89 Å². The van der Waals surface area contributed by atoms with Crippen molar-refractivity contribution in [3.8, 4) is 11.3 Å². The summed E-state index contributed by atoms with van der Waals surface area (Å²) in [5.41, 5.74) is 0.710. The number of aliphatic hydroxyl groups excluding tert-OH is 2. The fourth-order valence-corrected chi connectivity index (χ4v) is 3.29. The third kappa shape index (κ3) is 3.81. The van der Waals surface area contributed by atoms with Crippen LogP contribution >= 0.6 is 0 Å². The molecule has 3 aromatic rings. The maximum Gasteiger partial charge on any atom is 0.308 e. The molecule has 1 fully saturated rings. The molecule has 1 aliphatic rings. The van der Waals surface area contributed by atoms with Gasteiger partial charge in [-0.25, -0.2) is 9.07 Å². The molecule has 1 saturated heterocycles. The van der Waals surface area contributed by atoms with Gasteiger partial charge in [0.05, 0.1) is 6.20 Å². The summed E-state index contributed by atoms with van der Waals surface area (Å²) in [6, 6.07) is 4.45. The number of aromatic nitrogens is 5. The number of halogens is 1. The summed E-state index contributed by atoms with van der Waals surface area (Å²) in [6.45, 7) is 0. The van der Waals surface area contributed by atoms with Gasteiger partial charge in [0.25, 0.3) is 0 Å². The summed E-state index contributed by atoms with van der Waals surface area (Å²) in [5, 5.41) is 38.9. The normalized spacial score (nSPS) is 25.9. The first kappa shape index (κ1) is 20.7. The van der Waals surface area contributed by atoms with E-state index in [0.717, 1.165) is 4.68 Å². The number of rotatable bonds is 5. The molecule has 0 bridgehead atoms. The number of amides is 1. The molecule has 2 aromatic heterocycles. The minimum Gasteiger partial charge on any atom is -0.414 e. The number of aliphatic hydroxyl groups is 2. The number of hydrogen-bond donors (Lipinski definition) is 3. The molecule has 3 heterocycles. The van der Waals surface area contributed by atoms with Gasteiger partial charge < -0.3 is 29.5 Å². The third-order valence-corrected chi connectivity index (χ3v) is 4.83. The van der Waals surface area contributed by atoms with Crippen LogP contribution in [0.5, 0.6) is 0 Å². The number of ether oxygens (including phenoxy) is 1. The Morgan fingerprint density at radius 2 is 2.06 bits per heavy atom. The van der Waals surface area contributed by atoms with Crippen molar-refractivity contribution in [2.75, 3.05) is 7.05 Å². The molecule has 13 heteroatoms. The van der Waals surface area contributed by atoms with Crippen molar-refractivity contribution in [3.05, 3.63) is 48.1 Å². The average Bonchev–Trinajstić information content (AvgIpc) is 3.44. The van der Waals surface area contributed by atoms with Gasteiger partial charge >= 0.3 is 11.8 Å². The maximum absolute atomic E-state index is 13.5. The molecule has 0 saturated carbocycles. The predicted octanol–water partition coefficient (Wildman–Crippen LogP) is -0.571. The Morgan fingerprint density at radius 1 is 1.26 bits per heavy atom. The summed E-state index contributed by atoms with van der Waals surface area (Å²) in [4.78, 5) is 23.1. The topological polar surface area (TPSA) is 165 Å². The first-order valence-corrected chi connectivity index (χ1v) is 9.13. The Labute approximate surface area is 173 Å². The molecule has 1 unspecified atom stereocenters. The van der Waals surface area contributed by atoms with Crippen molar-refractivity contribution in [1.29, 1.82) is 0 Å². The summed E-state index contributed by atoms with van der Waals surface area (Å²) < 4.78 is 25.3. The van der Waals surface area contributed by atoms with Crippen LogP contribution in [0.4, 0.5) is 4.39 Å². The zero-order chi connectivity index (χ0) is 22.1. The van der Waals surface area contributed by atoms with E-state index in [9.17, 15) is 24.2 Å². The van der Waals surface area contributed by atoms with Crippen LogP contribution in [0.1, 0.15) is 28.7 Å². The summed E-state index contributed by atoms with van der Waals surface area (Å²) >= 11 is 0. The van der Waals surface area contributed by atoms with Crippen LogP contribution in [0.15, 0.2) is 34.9 Å². The summed E-state index contributed by atoms with van der Waals surface area (Å²) in [6.07, 6.45) is -3.96. The van der Waals surface area contributed by atoms with Crippen molar-refractivity contribution in [3.63, 3.8) is 0 Å². The van der Waals surface area contributed by atoms with Gasteiger partial charge in [-0.05, 0) is 12.1 Å². The molecule has 1 amide bonds. The molecule has 0 spiro atoms. The highest BCUT2D eigenvalue weighted by atomic mass is 19.1. The van der Waals surface area contributed by atoms with Gasteiger partial charge in [0.15, 0.2) is 12.4 Å². The van der Waals surface area contributed by atoms with Gasteiger partial charge in [0, 0.05) is 12.6 Å². The Bertz CT molecular complexity index is 1100. The van der Waals surface area contributed by atoms with Crippen LogP contribution in [0.25, 0.3) is 11.3 Å². The molecule has 31 heavy (non-hydrogen) atoms. The SMILES string of the molecule is CNC(=O)c1nnc([C@@H]2OC(C=O)[C@H](O)[C@H](n3cc(-c4cccc(F)c4)nn3)[C@H]2O)o1. The third-order valence-electron chi connectivity index (χ3n) is 4.83. The fourth-order valence-electron chi connectivity index (χ4n) is 3.29. The second kappa shape index (κ2) is 8.29. The number of carbonyl (C=O) groups excluding carboxylic acids is 2. The predicted molar refractivity (Wildman–Crippen MR) is 97.8 cm³/mol. The van der Waals surface area contributed by atoms with E-state index in [0.29, 0.717) is 11.8 Å². The quantitative estimate of drug-likeness (QED) is 0.444. The molecular weight excluding hydrogens is 415 g/mol. The monoisotopic (exact) mass is 432 g/mol. The molecular formula is C18H17FN6O6. The molecule has 0 aliphatic carbocycles. The lowest BCUT2D eigenvalue weighted by Gasteiger charge is -2.39. The van der Waals surface area contributed by atoms with E-state index in [1.165, 1.54) is 31.4 Å². The number of carbonyl (C=O) groups is 2. The van der Waals surface area contributed by atoms with Gasteiger partial charge in [-0.15, -0.1) is 15.3 Å². The van der Waals surface area contributed by atoms with Crippen molar-refractivity contribution in [1.82, 2.24) is 30.5 Å². The minimum atomic E-state index is -1.51. The lowest BCUT2D eigenvalue weighted by molar-refractivity contribution is -0.199. The fraction of sp³-hybridized carbons (Fsp3) is 0.333. The van der Waals surface area contributed by atoms with Crippen molar-refractivity contribution < 1.29 is 33.3 Å². The number of nitrogens with zero attached hydrogens (tertiary/aromatic N) is 5. The lowest BCUT2D eigenvalue weighted by atomic mass is 9.92. The highest BCUT2D eigenvalue weighted by molar-refractivity contribution is 5.89. The maximum atomic E-state index is 13.5. The number of benzene rings is 1. The van der Waals surface area contributed by atoms with E-state index < -0.39 is 42.2 Å². The first-order chi connectivity index (χ1) is 14.9. The van der Waals surface area contributed by atoms with Crippen molar-refractivity contribution in [2.45, 2.75) is 30.5 Å². The summed E-state index contributed by atoms with van der Waals surface area (Å²) in [5.74, 6) is -1.75. The molecule has 5 atom stereocenters. The zero-order valence-electron chi connectivity index (χ0n) is 16.0. The highest BCUT2D eigenvalue weighted by Gasteiger charge is 2.48. The van der Waals surface area contributed by atoms with E-state index in [1.807, 2.05) is 0 Å². The van der Waals surface area contributed by atoms with Crippen molar-refractivity contribution in [2.24, 2.45) is 0 Å². The van der Waals surface area contributed by atoms with Crippen LogP contribution in [0.2, 0.25) is 0 Å². The molecule has 1 aliphatic heterocycles. The zero-order valence-corrected chi connectivity index (χ0v) is 16.0. The van der Waals surface area contributed by atoms with Crippen LogP contribution in [-0.2, 0) is 9.53 Å². The van der Waals surface area contributed by atoms with Gasteiger partial charge in [0.1, 0.15) is 35.9 Å². The summed E-state index contributed by atoms with van der Waals surface area (Å²) in [7, 11) is 1.37. The first-order valence-electron chi connectivity index (χ1n) is 9.13. The van der Waals surface area contributed by atoms with E-state index in [4.69, 9.17) is 9.15 Å². The van der Waals surface area contributed by atoms with Crippen molar-refractivity contribution >= 4 is 12.2 Å². The Hall–Kier alpha value is -3.55. The Kier molecular flexibility index (Phi) is 5.54.